The molecule has 7 aromatic carbocycles. The van der Waals surface area contributed by atoms with Crippen LogP contribution in [0.25, 0.3) is 111 Å². The number of pyridine rings is 1. The van der Waals surface area contributed by atoms with Crippen molar-refractivity contribution < 1.29 is 8.83 Å². The van der Waals surface area contributed by atoms with Crippen molar-refractivity contribution in [3.05, 3.63) is 158 Å². The maximum atomic E-state index is 6.27. The molecule has 0 aliphatic heterocycles. The van der Waals surface area contributed by atoms with E-state index < -0.39 is 0 Å². The van der Waals surface area contributed by atoms with Crippen molar-refractivity contribution in [1.29, 1.82) is 0 Å². The van der Waals surface area contributed by atoms with Crippen LogP contribution >= 0.6 is 0 Å². The molecular formula is C46H26N4O2. The Morgan fingerprint density at radius 1 is 0.365 bits per heavy atom. The maximum Gasteiger partial charge on any atom is 0.164 e. The standard InChI is InChI=1S/C46H26N4O2/c1-2-11-28-26-29(24-23-27(28)10-1)44-48-45(50-46(49-44)36-18-8-20-38-41(36)35-12-3-4-19-37(35)51-38)34-17-6-13-30-31(14-5-15-32(30)34)33-16-7-21-39-42(33)43-40(52-39)22-9-25-47-43/h1-26H. The van der Waals surface area contributed by atoms with Gasteiger partial charge in [-0.2, -0.15) is 0 Å². The van der Waals surface area contributed by atoms with Crippen molar-refractivity contribution >= 4 is 65.6 Å². The highest BCUT2D eigenvalue weighted by Crippen LogP contribution is 2.41. The molecule has 11 aromatic rings. The number of nitrogens with zero attached hydrogens (tertiary/aromatic N) is 4. The second-order valence-corrected chi connectivity index (χ2v) is 13.0. The Kier molecular flexibility index (Phi) is 6.15. The van der Waals surface area contributed by atoms with Gasteiger partial charge in [0, 0.05) is 33.7 Å². The summed E-state index contributed by atoms with van der Waals surface area (Å²) < 4.78 is 12.5. The highest BCUT2D eigenvalue weighted by Gasteiger charge is 2.20. The SMILES string of the molecule is c1ccc2cc(-c3nc(-c4cccc5c(-c6cccc7oc8cccnc8c67)cccc45)nc(-c4cccc5oc6ccccc6c45)n3)ccc2c1. The van der Waals surface area contributed by atoms with E-state index in [4.69, 9.17) is 28.8 Å². The molecular weight excluding hydrogens is 641 g/mol. The first-order valence-corrected chi connectivity index (χ1v) is 17.2. The van der Waals surface area contributed by atoms with Crippen LogP contribution in [0.15, 0.2) is 167 Å². The van der Waals surface area contributed by atoms with Gasteiger partial charge >= 0.3 is 0 Å². The van der Waals surface area contributed by atoms with E-state index in [1.165, 1.54) is 0 Å². The molecule has 4 aromatic heterocycles. The molecule has 0 aliphatic rings. The van der Waals surface area contributed by atoms with Crippen molar-refractivity contribution in [3.8, 4) is 45.3 Å². The van der Waals surface area contributed by atoms with Crippen molar-refractivity contribution in [3.63, 3.8) is 0 Å². The molecule has 242 valence electrons. The summed E-state index contributed by atoms with van der Waals surface area (Å²) in [5, 5.41) is 7.39. The van der Waals surface area contributed by atoms with Gasteiger partial charge in [-0.3, -0.25) is 4.98 Å². The molecule has 11 rings (SSSR count). The first-order chi connectivity index (χ1) is 25.8. The van der Waals surface area contributed by atoms with Crippen LogP contribution in [0.5, 0.6) is 0 Å². The molecule has 4 heterocycles. The predicted octanol–water partition coefficient (Wildman–Crippen LogP) is 12.0. The van der Waals surface area contributed by atoms with Gasteiger partial charge in [0.05, 0.1) is 5.39 Å². The normalized spacial score (nSPS) is 11.8. The Morgan fingerprint density at radius 3 is 1.85 bits per heavy atom. The molecule has 0 radical (unpaired) electrons. The van der Waals surface area contributed by atoms with Crippen LogP contribution in [-0.2, 0) is 0 Å². The zero-order valence-corrected chi connectivity index (χ0v) is 27.6. The minimum atomic E-state index is 0.583. The summed E-state index contributed by atoms with van der Waals surface area (Å²) in [6.07, 6.45) is 1.81. The van der Waals surface area contributed by atoms with Crippen molar-refractivity contribution in [2.24, 2.45) is 0 Å². The molecule has 0 fully saturated rings. The molecule has 0 spiro atoms. The van der Waals surface area contributed by atoms with Crippen LogP contribution in [0.4, 0.5) is 0 Å². The summed E-state index contributed by atoms with van der Waals surface area (Å²) >= 11 is 0. The fraction of sp³-hybridized carbons (Fsp3) is 0. The minimum absolute atomic E-state index is 0.583. The number of benzene rings is 7. The summed E-state index contributed by atoms with van der Waals surface area (Å²) in [4.78, 5) is 20.3. The van der Waals surface area contributed by atoms with Crippen molar-refractivity contribution in [2.75, 3.05) is 0 Å². The quantitative estimate of drug-likeness (QED) is 0.186. The lowest BCUT2D eigenvalue weighted by Gasteiger charge is -2.13. The second-order valence-electron chi connectivity index (χ2n) is 13.0. The van der Waals surface area contributed by atoms with E-state index in [2.05, 4.69) is 97.1 Å². The van der Waals surface area contributed by atoms with Gasteiger partial charge in [-0.1, -0.05) is 115 Å². The van der Waals surface area contributed by atoms with Gasteiger partial charge in [0.15, 0.2) is 23.1 Å². The van der Waals surface area contributed by atoms with Crippen molar-refractivity contribution in [1.82, 2.24) is 19.9 Å². The van der Waals surface area contributed by atoms with Crippen LogP contribution in [0, 0.1) is 0 Å². The smallest absolute Gasteiger partial charge is 0.164 e. The molecule has 0 atom stereocenters. The monoisotopic (exact) mass is 666 g/mol. The molecule has 0 saturated carbocycles. The van der Waals surface area contributed by atoms with Gasteiger partial charge in [-0.05, 0) is 69.1 Å². The summed E-state index contributed by atoms with van der Waals surface area (Å²) in [6, 6.07) is 51.6. The Morgan fingerprint density at radius 2 is 0.962 bits per heavy atom. The Labute approximate surface area is 296 Å². The van der Waals surface area contributed by atoms with Crippen LogP contribution in [0.3, 0.4) is 0 Å². The fourth-order valence-corrected chi connectivity index (χ4v) is 7.64. The third-order valence-electron chi connectivity index (χ3n) is 9.99. The molecule has 6 nitrogen and oxygen atoms in total. The summed E-state index contributed by atoms with van der Waals surface area (Å²) in [5.74, 6) is 1.78. The zero-order valence-electron chi connectivity index (χ0n) is 27.6. The number of fused-ring (bicyclic) bond motifs is 8. The molecule has 52 heavy (non-hydrogen) atoms. The molecule has 0 N–H and O–H groups in total. The van der Waals surface area contributed by atoms with E-state index >= 15 is 0 Å². The van der Waals surface area contributed by atoms with Gasteiger partial charge < -0.3 is 8.83 Å². The van der Waals surface area contributed by atoms with E-state index in [1.54, 1.807) is 0 Å². The van der Waals surface area contributed by atoms with E-state index in [0.717, 1.165) is 93.4 Å². The Bertz CT molecular complexity index is 3210. The highest BCUT2D eigenvalue weighted by molar-refractivity contribution is 6.15. The van der Waals surface area contributed by atoms with E-state index in [1.807, 2.05) is 60.8 Å². The van der Waals surface area contributed by atoms with E-state index in [9.17, 15) is 0 Å². The van der Waals surface area contributed by atoms with Crippen LogP contribution < -0.4 is 0 Å². The third-order valence-corrected chi connectivity index (χ3v) is 9.99. The lowest BCUT2D eigenvalue weighted by Crippen LogP contribution is -2.01. The lowest BCUT2D eigenvalue weighted by molar-refractivity contribution is 0.668. The third kappa shape index (κ3) is 4.38. The summed E-state index contributed by atoms with van der Waals surface area (Å²) in [7, 11) is 0. The molecule has 0 saturated heterocycles. The first kappa shape index (κ1) is 28.6. The minimum Gasteiger partial charge on any atom is -0.456 e. The molecule has 6 heteroatoms. The average Bonchev–Trinajstić information content (AvgIpc) is 3.79. The number of para-hydroxylation sites is 1. The second kappa shape index (κ2) is 11.2. The van der Waals surface area contributed by atoms with E-state index in [-0.39, 0.29) is 0 Å². The van der Waals surface area contributed by atoms with Gasteiger partial charge in [0.25, 0.3) is 0 Å². The number of rotatable bonds is 4. The Hall–Kier alpha value is -7.18. The average molecular weight is 667 g/mol. The maximum absolute atomic E-state index is 6.27. The molecule has 0 amide bonds. The van der Waals surface area contributed by atoms with Gasteiger partial charge in [0.2, 0.25) is 0 Å². The highest BCUT2D eigenvalue weighted by atomic mass is 16.3. The topological polar surface area (TPSA) is 77.8 Å². The number of hydrogen-bond donors (Lipinski definition) is 0. The van der Waals surface area contributed by atoms with Crippen LogP contribution in [0.1, 0.15) is 0 Å². The van der Waals surface area contributed by atoms with Crippen LogP contribution in [0.2, 0.25) is 0 Å². The lowest BCUT2D eigenvalue weighted by atomic mass is 9.93. The number of aromatic nitrogens is 4. The largest absolute Gasteiger partial charge is 0.456 e. The van der Waals surface area contributed by atoms with Gasteiger partial charge in [-0.15, -0.1) is 0 Å². The van der Waals surface area contributed by atoms with E-state index in [0.29, 0.717) is 17.5 Å². The van der Waals surface area contributed by atoms with Gasteiger partial charge in [0.1, 0.15) is 22.3 Å². The predicted molar refractivity (Wildman–Crippen MR) is 209 cm³/mol. The molecule has 0 aliphatic carbocycles. The number of furan rings is 2. The molecule has 0 bridgehead atoms. The van der Waals surface area contributed by atoms with Crippen LogP contribution in [-0.4, -0.2) is 19.9 Å². The number of hydrogen-bond acceptors (Lipinski definition) is 6. The fourth-order valence-electron chi connectivity index (χ4n) is 7.64. The van der Waals surface area contributed by atoms with Gasteiger partial charge in [-0.25, -0.2) is 15.0 Å². The zero-order chi connectivity index (χ0) is 34.2. The summed E-state index contributed by atoms with van der Waals surface area (Å²) in [6.45, 7) is 0. The Balaban J connectivity index is 1.17. The summed E-state index contributed by atoms with van der Waals surface area (Å²) in [5.41, 5.74) is 8.90. The van der Waals surface area contributed by atoms with Crippen molar-refractivity contribution in [2.45, 2.75) is 0 Å². The molecule has 0 unspecified atom stereocenters. The first-order valence-electron chi connectivity index (χ1n) is 17.2.